The van der Waals surface area contributed by atoms with Crippen molar-refractivity contribution in [3.63, 3.8) is 0 Å². The van der Waals surface area contributed by atoms with Gasteiger partial charge in [0.25, 0.3) is 0 Å². The number of fused-ring (bicyclic) bond motifs is 3. The summed E-state index contributed by atoms with van der Waals surface area (Å²) in [7, 11) is 1.65. The third kappa shape index (κ3) is 1.90. The molecule has 98 valence electrons. The Morgan fingerprint density at radius 1 is 1.11 bits per heavy atom. The lowest BCUT2D eigenvalue weighted by Gasteiger charge is -2.13. The fourth-order valence-corrected chi connectivity index (χ4v) is 2.91. The van der Waals surface area contributed by atoms with Gasteiger partial charge in [0, 0.05) is 5.92 Å². The van der Waals surface area contributed by atoms with Crippen LogP contribution < -0.4 is 10.5 Å². The van der Waals surface area contributed by atoms with E-state index in [1.165, 1.54) is 11.6 Å². The Labute approximate surface area is 112 Å². The zero-order valence-electron chi connectivity index (χ0n) is 10.8. The molecule has 2 N–H and O–H groups in total. The van der Waals surface area contributed by atoms with Crippen molar-refractivity contribution in [3.8, 4) is 16.9 Å². The van der Waals surface area contributed by atoms with E-state index >= 15 is 0 Å². The summed E-state index contributed by atoms with van der Waals surface area (Å²) < 4.78 is 18.8. The van der Waals surface area contributed by atoms with Crippen molar-refractivity contribution in [2.24, 2.45) is 5.73 Å². The number of ether oxygens (including phenoxy) is 1. The van der Waals surface area contributed by atoms with Gasteiger partial charge in [-0.15, -0.1) is 0 Å². The first kappa shape index (κ1) is 12.2. The zero-order chi connectivity index (χ0) is 13.4. The first-order valence-corrected chi connectivity index (χ1v) is 6.42. The molecule has 19 heavy (non-hydrogen) atoms. The zero-order valence-corrected chi connectivity index (χ0v) is 10.8. The highest BCUT2D eigenvalue weighted by atomic mass is 19.1. The molecule has 0 spiro atoms. The van der Waals surface area contributed by atoms with Crippen LogP contribution >= 0.6 is 0 Å². The predicted octanol–water partition coefficient (Wildman–Crippen LogP) is 3.30. The molecule has 0 aromatic heterocycles. The molecule has 0 radical (unpaired) electrons. The second kappa shape index (κ2) is 4.67. The molecule has 0 saturated carbocycles. The molecule has 2 aromatic rings. The summed E-state index contributed by atoms with van der Waals surface area (Å²) >= 11 is 0. The molecular formula is C16H16FNO. The van der Waals surface area contributed by atoms with Crippen molar-refractivity contribution in [1.29, 1.82) is 0 Å². The maximum Gasteiger partial charge on any atom is 0.123 e. The number of halogens is 1. The van der Waals surface area contributed by atoms with Crippen LogP contribution in [0.15, 0.2) is 36.4 Å². The Hall–Kier alpha value is -1.87. The van der Waals surface area contributed by atoms with Crippen LogP contribution in [0, 0.1) is 5.82 Å². The topological polar surface area (TPSA) is 35.2 Å². The largest absolute Gasteiger partial charge is 0.497 e. The van der Waals surface area contributed by atoms with Crippen molar-refractivity contribution < 1.29 is 9.13 Å². The summed E-state index contributed by atoms with van der Waals surface area (Å²) in [6, 6.07) is 11.0. The molecule has 2 nitrogen and oxygen atoms in total. The van der Waals surface area contributed by atoms with E-state index in [9.17, 15) is 4.39 Å². The molecule has 2 aromatic carbocycles. The van der Waals surface area contributed by atoms with Gasteiger partial charge in [-0.25, -0.2) is 4.39 Å². The van der Waals surface area contributed by atoms with Crippen molar-refractivity contribution >= 4 is 0 Å². The second-order valence-electron chi connectivity index (χ2n) is 4.81. The van der Waals surface area contributed by atoms with Gasteiger partial charge in [-0.1, -0.05) is 12.1 Å². The summed E-state index contributed by atoms with van der Waals surface area (Å²) in [5, 5.41) is 0. The van der Waals surface area contributed by atoms with E-state index in [2.05, 4.69) is 0 Å². The van der Waals surface area contributed by atoms with Crippen molar-refractivity contribution in [3.05, 3.63) is 53.3 Å². The van der Waals surface area contributed by atoms with Crippen LogP contribution in [-0.4, -0.2) is 13.7 Å². The van der Waals surface area contributed by atoms with E-state index in [1.807, 2.05) is 24.3 Å². The van der Waals surface area contributed by atoms with E-state index < -0.39 is 0 Å². The molecule has 0 amide bonds. The van der Waals surface area contributed by atoms with E-state index in [1.54, 1.807) is 13.2 Å². The van der Waals surface area contributed by atoms with Gasteiger partial charge >= 0.3 is 0 Å². The molecule has 3 heteroatoms. The summed E-state index contributed by atoms with van der Waals surface area (Å²) in [4.78, 5) is 0. The molecule has 1 unspecified atom stereocenters. The number of rotatable bonds is 3. The minimum atomic E-state index is -0.194. The Balaban J connectivity index is 2.19. The average molecular weight is 257 g/mol. The van der Waals surface area contributed by atoms with Gasteiger partial charge in [-0.05, 0) is 59.5 Å². The summed E-state index contributed by atoms with van der Waals surface area (Å²) in [5.41, 5.74) is 10.2. The van der Waals surface area contributed by atoms with Crippen LogP contribution in [0.3, 0.4) is 0 Å². The lowest BCUT2D eigenvalue weighted by Crippen LogP contribution is -2.06. The van der Waals surface area contributed by atoms with Crippen LogP contribution in [0.1, 0.15) is 23.5 Å². The van der Waals surface area contributed by atoms with E-state index in [4.69, 9.17) is 10.5 Å². The highest BCUT2D eigenvalue weighted by Crippen LogP contribution is 2.47. The van der Waals surface area contributed by atoms with Gasteiger partial charge in [0.2, 0.25) is 0 Å². The highest BCUT2D eigenvalue weighted by Gasteiger charge is 2.28. The Morgan fingerprint density at radius 2 is 1.79 bits per heavy atom. The smallest absolute Gasteiger partial charge is 0.123 e. The fourth-order valence-electron chi connectivity index (χ4n) is 2.91. The Kier molecular flexibility index (Phi) is 2.99. The highest BCUT2D eigenvalue weighted by molar-refractivity contribution is 5.79. The van der Waals surface area contributed by atoms with Gasteiger partial charge in [-0.2, -0.15) is 0 Å². The number of hydrogen-bond donors (Lipinski definition) is 1. The monoisotopic (exact) mass is 257 g/mol. The molecule has 0 fully saturated rings. The summed E-state index contributed by atoms with van der Waals surface area (Å²) in [6.45, 7) is 0.581. The lowest BCUT2D eigenvalue weighted by atomic mass is 9.93. The summed E-state index contributed by atoms with van der Waals surface area (Å²) in [6.07, 6.45) is 0.816. The van der Waals surface area contributed by atoms with Crippen LogP contribution in [0.2, 0.25) is 0 Å². The first-order valence-electron chi connectivity index (χ1n) is 6.42. The van der Waals surface area contributed by atoms with E-state index in [0.29, 0.717) is 6.54 Å². The maximum absolute atomic E-state index is 13.5. The number of benzene rings is 2. The molecule has 0 bridgehead atoms. The quantitative estimate of drug-likeness (QED) is 0.915. The first-order chi connectivity index (χ1) is 9.24. The maximum atomic E-state index is 13.5. The second-order valence-corrected chi connectivity index (χ2v) is 4.81. The van der Waals surface area contributed by atoms with Gasteiger partial charge < -0.3 is 10.5 Å². The minimum Gasteiger partial charge on any atom is -0.497 e. The Bertz CT molecular complexity index is 624. The van der Waals surface area contributed by atoms with E-state index in [0.717, 1.165) is 28.9 Å². The van der Waals surface area contributed by atoms with E-state index in [-0.39, 0.29) is 11.7 Å². The molecule has 0 aliphatic heterocycles. The lowest BCUT2D eigenvalue weighted by molar-refractivity contribution is 0.414. The number of hydrogen-bond acceptors (Lipinski definition) is 2. The third-order valence-electron chi connectivity index (χ3n) is 3.77. The number of methoxy groups -OCH3 is 1. The van der Waals surface area contributed by atoms with Crippen LogP contribution in [0.4, 0.5) is 4.39 Å². The normalized spacial score (nSPS) is 16.1. The van der Waals surface area contributed by atoms with Gasteiger partial charge in [0.05, 0.1) is 7.11 Å². The average Bonchev–Trinajstić information content (AvgIpc) is 2.72. The minimum absolute atomic E-state index is 0.167. The standard InChI is InChI=1S/C16H16FNO/c1-19-11-3-5-13-12-4-2-10(17)8-15(12)14(6-7-18)16(13)9-11/h2-5,8-9,14H,6-7,18H2,1H3. The molecule has 1 aliphatic rings. The Morgan fingerprint density at radius 3 is 2.47 bits per heavy atom. The molecule has 3 rings (SSSR count). The molecule has 0 heterocycles. The van der Waals surface area contributed by atoms with Crippen LogP contribution in [0.25, 0.3) is 11.1 Å². The van der Waals surface area contributed by atoms with Gasteiger partial charge in [0.1, 0.15) is 11.6 Å². The van der Waals surface area contributed by atoms with Gasteiger partial charge in [-0.3, -0.25) is 0 Å². The molecule has 1 atom stereocenters. The third-order valence-corrected chi connectivity index (χ3v) is 3.77. The fraction of sp³-hybridized carbons (Fsp3) is 0.250. The van der Waals surface area contributed by atoms with Crippen molar-refractivity contribution in [1.82, 2.24) is 0 Å². The SMILES string of the molecule is COc1ccc2c(c1)C(CCN)c1cc(F)ccc1-2. The van der Waals surface area contributed by atoms with Crippen molar-refractivity contribution in [2.45, 2.75) is 12.3 Å². The van der Waals surface area contributed by atoms with Crippen LogP contribution in [0.5, 0.6) is 5.75 Å². The summed E-state index contributed by atoms with van der Waals surface area (Å²) in [5.74, 6) is 0.801. The molecule has 1 aliphatic carbocycles. The number of nitrogens with two attached hydrogens (primary N) is 1. The van der Waals surface area contributed by atoms with Crippen LogP contribution in [-0.2, 0) is 0 Å². The molecular weight excluding hydrogens is 241 g/mol. The van der Waals surface area contributed by atoms with Gasteiger partial charge in [0.15, 0.2) is 0 Å². The van der Waals surface area contributed by atoms with Crippen molar-refractivity contribution in [2.75, 3.05) is 13.7 Å². The molecule has 0 saturated heterocycles. The predicted molar refractivity (Wildman–Crippen MR) is 73.9 cm³/mol.